The van der Waals surface area contributed by atoms with Gasteiger partial charge in [0, 0.05) is 19.8 Å². The normalized spacial score (nSPS) is 12.4. The van der Waals surface area contributed by atoms with Gasteiger partial charge in [0.15, 0.2) is 6.29 Å². The SMILES string of the molecule is CCOC(CN(CC)C(=O)[C@@H](N)Cc1ccccc1)OCC. The molecule has 0 saturated heterocycles. The zero-order valence-electron chi connectivity index (χ0n) is 13.8. The largest absolute Gasteiger partial charge is 0.351 e. The maximum absolute atomic E-state index is 12.5. The topological polar surface area (TPSA) is 64.8 Å². The first kappa shape index (κ1) is 18.6. The number of ether oxygens (including phenoxy) is 2. The average Bonchev–Trinajstić information content (AvgIpc) is 2.53. The highest BCUT2D eigenvalue weighted by Gasteiger charge is 2.23. The fraction of sp³-hybridized carbons (Fsp3) is 0.588. The number of hydrogen-bond acceptors (Lipinski definition) is 4. The van der Waals surface area contributed by atoms with Crippen LogP contribution in [0, 0.1) is 0 Å². The van der Waals surface area contributed by atoms with Crippen LogP contribution in [0.25, 0.3) is 0 Å². The number of amides is 1. The maximum Gasteiger partial charge on any atom is 0.239 e. The van der Waals surface area contributed by atoms with Crippen LogP contribution in [0.15, 0.2) is 30.3 Å². The Morgan fingerprint density at radius 3 is 2.23 bits per heavy atom. The molecule has 0 spiro atoms. The fourth-order valence-electron chi connectivity index (χ4n) is 2.27. The van der Waals surface area contributed by atoms with Crippen LogP contribution in [0.1, 0.15) is 26.3 Å². The minimum atomic E-state index is -0.550. The van der Waals surface area contributed by atoms with Gasteiger partial charge in [0.25, 0.3) is 0 Å². The van der Waals surface area contributed by atoms with Gasteiger partial charge in [-0.3, -0.25) is 4.79 Å². The van der Waals surface area contributed by atoms with E-state index < -0.39 is 12.3 Å². The first-order chi connectivity index (χ1) is 10.6. The van der Waals surface area contributed by atoms with Gasteiger partial charge in [0.2, 0.25) is 5.91 Å². The lowest BCUT2D eigenvalue weighted by Crippen LogP contribution is -2.48. The minimum Gasteiger partial charge on any atom is -0.351 e. The summed E-state index contributed by atoms with van der Waals surface area (Å²) < 4.78 is 11.0. The Morgan fingerprint density at radius 2 is 1.73 bits per heavy atom. The molecule has 0 saturated carbocycles. The number of hydrogen-bond donors (Lipinski definition) is 1. The highest BCUT2D eigenvalue weighted by Crippen LogP contribution is 2.07. The van der Waals surface area contributed by atoms with E-state index in [0.717, 1.165) is 5.56 Å². The van der Waals surface area contributed by atoms with E-state index in [4.69, 9.17) is 15.2 Å². The van der Waals surface area contributed by atoms with Crippen molar-refractivity contribution in [2.75, 3.05) is 26.3 Å². The third-order valence-electron chi connectivity index (χ3n) is 3.38. The van der Waals surface area contributed by atoms with E-state index >= 15 is 0 Å². The van der Waals surface area contributed by atoms with Crippen molar-refractivity contribution in [3.8, 4) is 0 Å². The van der Waals surface area contributed by atoms with E-state index in [0.29, 0.717) is 32.7 Å². The van der Waals surface area contributed by atoms with Gasteiger partial charge in [-0.15, -0.1) is 0 Å². The Kier molecular flexibility index (Phi) is 8.74. The van der Waals surface area contributed by atoms with Crippen molar-refractivity contribution < 1.29 is 14.3 Å². The van der Waals surface area contributed by atoms with E-state index in [1.54, 1.807) is 4.90 Å². The second-order valence-corrected chi connectivity index (χ2v) is 5.01. The van der Waals surface area contributed by atoms with Gasteiger partial charge in [-0.05, 0) is 32.8 Å². The van der Waals surface area contributed by atoms with Crippen LogP contribution < -0.4 is 5.73 Å². The molecule has 0 fully saturated rings. The molecule has 0 bridgehead atoms. The quantitative estimate of drug-likeness (QED) is 0.670. The summed E-state index contributed by atoms with van der Waals surface area (Å²) >= 11 is 0. The number of benzene rings is 1. The van der Waals surface area contributed by atoms with Gasteiger partial charge in [-0.2, -0.15) is 0 Å². The molecule has 1 aromatic rings. The predicted molar refractivity (Wildman–Crippen MR) is 87.4 cm³/mol. The lowest BCUT2D eigenvalue weighted by Gasteiger charge is -2.28. The molecule has 1 atom stereocenters. The summed E-state index contributed by atoms with van der Waals surface area (Å²) in [5, 5.41) is 0. The summed E-state index contributed by atoms with van der Waals surface area (Å²) in [7, 11) is 0. The van der Waals surface area contributed by atoms with Crippen molar-refractivity contribution in [3.05, 3.63) is 35.9 Å². The minimum absolute atomic E-state index is 0.0734. The number of likely N-dealkylation sites (N-methyl/N-ethyl adjacent to an activating group) is 1. The molecule has 0 unspecified atom stereocenters. The van der Waals surface area contributed by atoms with Crippen LogP contribution in [0.3, 0.4) is 0 Å². The van der Waals surface area contributed by atoms with Crippen LogP contribution in [-0.4, -0.2) is 49.4 Å². The second-order valence-electron chi connectivity index (χ2n) is 5.01. The highest BCUT2D eigenvalue weighted by atomic mass is 16.7. The molecule has 0 aliphatic rings. The van der Waals surface area contributed by atoms with Crippen LogP contribution in [0.5, 0.6) is 0 Å². The molecule has 124 valence electrons. The molecule has 2 N–H and O–H groups in total. The van der Waals surface area contributed by atoms with Crippen molar-refractivity contribution in [2.24, 2.45) is 5.73 Å². The van der Waals surface area contributed by atoms with Crippen molar-refractivity contribution in [1.82, 2.24) is 4.90 Å². The Balaban J connectivity index is 2.61. The third kappa shape index (κ3) is 6.13. The van der Waals surface area contributed by atoms with E-state index in [2.05, 4.69) is 0 Å². The monoisotopic (exact) mass is 308 g/mol. The highest BCUT2D eigenvalue weighted by molar-refractivity contribution is 5.82. The number of rotatable bonds is 10. The summed E-state index contributed by atoms with van der Waals surface area (Å²) in [4.78, 5) is 14.2. The maximum atomic E-state index is 12.5. The number of nitrogens with two attached hydrogens (primary N) is 1. The number of carbonyl (C=O) groups excluding carboxylic acids is 1. The molecule has 0 aromatic heterocycles. The van der Waals surface area contributed by atoms with Crippen LogP contribution in [0.2, 0.25) is 0 Å². The van der Waals surface area contributed by atoms with Crippen LogP contribution in [0.4, 0.5) is 0 Å². The fourth-order valence-corrected chi connectivity index (χ4v) is 2.27. The molecular formula is C17H28N2O3. The first-order valence-electron chi connectivity index (χ1n) is 7.93. The summed E-state index contributed by atoms with van der Waals surface area (Å²) in [6.45, 7) is 7.83. The van der Waals surface area contributed by atoms with Gasteiger partial charge in [-0.25, -0.2) is 0 Å². The van der Waals surface area contributed by atoms with Crippen molar-refractivity contribution in [3.63, 3.8) is 0 Å². The molecule has 1 aromatic carbocycles. The standard InChI is InChI=1S/C17H28N2O3/c1-4-19(13-16(21-5-2)22-6-3)17(20)15(18)12-14-10-8-7-9-11-14/h7-11,15-16H,4-6,12-13,18H2,1-3H3/t15-/m0/s1. The Bertz CT molecular complexity index is 419. The second kappa shape index (κ2) is 10.3. The van der Waals surface area contributed by atoms with Crippen molar-refractivity contribution >= 4 is 5.91 Å². The van der Waals surface area contributed by atoms with Crippen LogP contribution >= 0.6 is 0 Å². The van der Waals surface area contributed by atoms with E-state index in [9.17, 15) is 4.79 Å². The Labute approximate surface area is 133 Å². The zero-order valence-corrected chi connectivity index (χ0v) is 13.8. The van der Waals surface area contributed by atoms with Gasteiger partial charge >= 0.3 is 0 Å². The zero-order chi connectivity index (χ0) is 16.4. The van der Waals surface area contributed by atoms with Crippen molar-refractivity contribution in [1.29, 1.82) is 0 Å². The molecular weight excluding hydrogens is 280 g/mol. The van der Waals surface area contributed by atoms with Gasteiger partial charge < -0.3 is 20.1 Å². The first-order valence-corrected chi connectivity index (χ1v) is 7.93. The van der Waals surface area contributed by atoms with E-state index in [1.807, 2.05) is 51.1 Å². The van der Waals surface area contributed by atoms with Gasteiger partial charge in [0.1, 0.15) is 0 Å². The Morgan fingerprint density at radius 1 is 1.14 bits per heavy atom. The number of nitrogens with zero attached hydrogens (tertiary/aromatic N) is 1. The molecule has 1 amide bonds. The Hall–Kier alpha value is -1.43. The molecule has 0 aliphatic heterocycles. The molecule has 1 rings (SSSR count). The van der Waals surface area contributed by atoms with E-state index in [1.165, 1.54) is 0 Å². The third-order valence-corrected chi connectivity index (χ3v) is 3.38. The molecule has 0 heterocycles. The molecule has 5 nitrogen and oxygen atoms in total. The van der Waals surface area contributed by atoms with E-state index in [-0.39, 0.29) is 5.91 Å². The summed E-state index contributed by atoms with van der Waals surface area (Å²) in [6.07, 6.45) is 0.132. The van der Waals surface area contributed by atoms with Gasteiger partial charge in [-0.1, -0.05) is 30.3 Å². The molecule has 5 heteroatoms. The molecule has 0 radical (unpaired) electrons. The average molecular weight is 308 g/mol. The van der Waals surface area contributed by atoms with Crippen molar-refractivity contribution in [2.45, 2.75) is 39.5 Å². The smallest absolute Gasteiger partial charge is 0.239 e. The lowest BCUT2D eigenvalue weighted by atomic mass is 10.1. The van der Waals surface area contributed by atoms with Gasteiger partial charge in [0.05, 0.1) is 12.6 Å². The predicted octanol–water partition coefficient (Wildman–Crippen LogP) is 1.80. The van der Waals surface area contributed by atoms with Crippen LogP contribution in [-0.2, 0) is 20.7 Å². The molecule has 0 aliphatic carbocycles. The summed E-state index contributed by atoms with van der Waals surface area (Å²) in [6, 6.07) is 9.25. The molecule has 22 heavy (non-hydrogen) atoms. The lowest BCUT2D eigenvalue weighted by molar-refractivity contribution is -0.159. The summed E-state index contributed by atoms with van der Waals surface area (Å²) in [5.74, 6) is -0.0734. The number of carbonyl (C=O) groups is 1. The summed E-state index contributed by atoms with van der Waals surface area (Å²) in [5.41, 5.74) is 7.14.